The Balaban J connectivity index is 2.34. The molecule has 0 unspecified atom stereocenters. The monoisotopic (exact) mass is 318 g/mol. The molecule has 1 heteroatoms. The van der Waals surface area contributed by atoms with Crippen molar-refractivity contribution in [3.63, 3.8) is 0 Å². The van der Waals surface area contributed by atoms with E-state index in [4.69, 9.17) is 0 Å². The first-order valence-corrected chi connectivity index (χ1v) is 11.4. The van der Waals surface area contributed by atoms with Gasteiger partial charge in [-0.15, -0.1) is 12.3 Å². The van der Waals surface area contributed by atoms with Crippen LogP contribution in [0.4, 0.5) is 0 Å². The molecule has 118 valence electrons. The van der Waals surface area contributed by atoms with Gasteiger partial charge in [0, 0.05) is 0 Å². The lowest BCUT2D eigenvalue weighted by Gasteiger charge is -2.23. The van der Waals surface area contributed by atoms with Crippen molar-refractivity contribution < 1.29 is 0 Å². The van der Waals surface area contributed by atoms with Gasteiger partial charge < -0.3 is 0 Å². The molecule has 0 bridgehead atoms. The minimum atomic E-state index is -1.56. The second kappa shape index (κ2) is 7.96. The Labute approximate surface area is 141 Å². The number of allylic oxidation sites excluding steroid dienone is 2. The van der Waals surface area contributed by atoms with Crippen LogP contribution in [0.1, 0.15) is 16.7 Å². The summed E-state index contributed by atoms with van der Waals surface area (Å²) in [6.07, 6.45) is 5.16. The van der Waals surface area contributed by atoms with Crippen LogP contribution >= 0.6 is 0 Å². The molecule has 0 N–H and O–H groups in total. The molecular weight excluding hydrogens is 292 g/mol. The molecule has 0 amide bonds. The lowest BCUT2D eigenvalue weighted by Crippen LogP contribution is -2.26. The first-order chi connectivity index (χ1) is 11.0. The standard InChI is InChI=1S/C22H26Si/c1-5-18-23(3,4)22(21-11-7-6-8-12-21)13-9-10-20-16-14-19(2)15-17-20/h5-9,11-12,14-17H,1,10,18H2,2-4H3. The molecule has 0 spiro atoms. The summed E-state index contributed by atoms with van der Waals surface area (Å²) in [5.74, 6) is 0. The summed E-state index contributed by atoms with van der Waals surface area (Å²) in [7, 11) is -1.56. The third kappa shape index (κ3) is 4.96. The molecular formula is C22H26Si. The summed E-state index contributed by atoms with van der Waals surface area (Å²) in [5.41, 5.74) is 7.56. The van der Waals surface area contributed by atoms with Gasteiger partial charge in [0.05, 0.1) is 8.07 Å². The molecule has 0 heterocycles. The van der Waals surface area contributed by atoms with Crippen molar-refractivity contribution in [1.82, 2.24) is 0 Å². The highest BCUT2D eigenvalue weighted by Gasteiger charge is 2.25. The molecule has 2 aromatic carbocycles. The summed E-state index contributed by atoms with van der Waals surface area (Å²) >= 11 is 0. The van der Waals surface area contributed by atoms with Crippen molar-refractivity contribution in [2.45, 2.75) is 32.5 Å². The third-order valence-electron chi connectivity index (χ3n) is 4.10. The van der Waals surface area contributed by atoms with Crippen molar-refractivity contribution in [3.8, 4) is 0 Å². The molecule has 0 radical (unpaired) electrons. The predicted octanol–water partition coefficient (Wildman–Crippen LogP) is 6.21. The van der Waals surface area contributed by atoms with E-state index in [2.05, 4.69) is 99.1 Å². The van der Waals surface area contributed by atoms with Gasteiger partial charge in [0.25, 0.3) is 0 Å². The average molecular weight is 319 g/mol. The van der Waals surface area contributed by atoms with Gasteiger partial charge in [0.1, 0.15) is 0 Å². The van der Waals surface area contributed by atoms with E-state index in [1.54, 1.807) is 0 Å². The number of aryl methyl sites for hydroxylation is 1. The smallest absolute Gasteiger partial charge is 0.0950 e. The molecule has 0 saturated carbocycles. The Kier molecular flexibility index (Phi) is 5.98. The summed E-state index contributed by atoms with van der Waals surface area (Å²) in [6.45, 7) is 10.8. The topological polar surface area (TPSA) is 0 Å². The van der Waals surface area contributed by atoms with Crippen LogP contribution in [0.3, 0.4) is 0 Å². The van der Waals surface area contributed by atoms with Crippen LogP contribution in [0.25, 0.3) is 5.20 Å². The Morgan fingerprint density at radius 2 is 1.70 bits per heavy atom. The van der Waals surface area contributed by atoms with E-state index >= 15 is 0 Å². The van der Waals surface area contributed by atoms with E-state index in [0.717, 1.165) is 12.5 Å². The fourth-order valence-electron chi connectivity index (χ4n) is 2.73. The first kappa shape index (κ1) is 17.3. The molecule has 0 atom stereocenters. The van der Waals surface area contributed by atoms with Crippen molar-refractivity contribution in [1.29, 1.82) is 0 Å². The molecule has 0 saturated heterocycles. The Bertz CT molecular complexity index is 699. The van der Waals surface area contributed by atoms with E-state index in [1.807, 2.05) is 0 Å². The highest BCUT2D eigenvalue weighted by Crippen LogP contribution is 2.28. The maximum absolute atomic E-state index is 3.94. The van der Waals surface area contributed by atoms with E-state index in [9.17, 15) is 0 Å². The van der Waals surface area contributed by atoms with E-state index < -0.39 is 8.07 Å². The van der Waals surface area contributed by atoms with Gasteiger partial charge in [-0.2, -0.15) is 0 Å². The molecule has 2 rings (SSSR count). The zero-order chi connectivity index (χ0) is 16.7. The average Bonchev–Trinajstić information content (AvgIpc) is 2.54. The predicted molar refractivity (Wildman–Crippen MR) is 105 cm³/mol. The Morgan fingerprint density at radius 1 is 1.04 bits per heavy atom. The Hall–Kier alpha value is -2.08. The van der Waals surface area contributed by atoms with Gasteiger partial charge in [-0.25, -0.2) is 0 Å². The van der Waals surface area contributed by atoms with Crippen LogP contribution in [0, 0.1) is 6.92 Å². The van der Waals surface area contributed by atoms with Crippen molar-refractivity contribution in [2.75, 3.05) is 0 Å². The maximum Gasteiger partial charge on any atom is 0.0950 e. The molecule has 2 aromatic rings. The maximum atomic E-state index is 3.94. The van der Waals surface area contributed by atoms with Gasteiger partial charge in [0.2, 0.25) is 0 Å². The summed E-state index contributed by atoms with van der Waals surface area (Å²) in [4.78, 5) is 0. The molecule has 0 aliphatic rings. The van der Waals surface area contributed by atoms with Gasteiger partial charge in [0.15, 0.2) is 0 Å². The zero-order valence-corrected chi connectivity index (χ0v) is 15.5. The van der Waals surface area contributed by atoms with E-state index in [1.165, 1.54) is 21.9 Å². The second-order valence-electron chi connectivity index (χ2n) is 6.66. The number of hydrogen-bond acceptors (Lipinski definition) is 0. The van der Waals surface area contributed by atoms with Crippen LogP contribution in [-0.2, 0) is 6.42 Å². The molecule has 0 aliphatic carbocycles. The zero-order valence-electron chi connectivity index (χ0n) is 14.5. The lowest BCUT2D eigenvalue weighted by atomic mass is 10.1. The lowest BCUT2D eigenvalue weighted by molar-refractivity contribution is 1.26. The van der Waals surface area contributed by atoms with Gasteiger partial charge in [-0.1, -0.05) is 79.3 Å². The van der Waals surface area contributed by atoms with Gasteiger partial charge in [-0.3, -0.25) is 0 Å². The molecule has 0 nitrogen and oxygen atoms in total. The first-order valence-electron chi connectivity index (χ1n) is 8.20. The number of benzene rings is 2. The van der Waals surface area contributed by atoms with Crippen molar-refractivity contribution in [2.24, 2.45) is 0 Å². The van der Waals surface area contributed by atoms with Gasteiger partial charge in [-0.05, 0) is 41.8 Å². The molecule has 0 fully saturated rings. The number of hydrogen-bond donors (Lipinski definition) is 0. The van der Waals surface area contributed by atoms with E-state index in [-0.39, 0.29) is 0 Å². The van der Waals surface area contributed by atoms with Crippen molar-refractivity contribution in [3.05, 3.63) is 95.7 Å². The van der Waals surface area contributed by atoms with Crippen molar-refractivity contribution >= 4 is 13.3 Å². The molecule has 23 heavy (non-hydrogen) atoms. The summed E-state index contributed by atoms with van der Waals surface area (Å²) in [6, 6.07) is 20.5. The SMILES string of the molecule is C=CC[Si](C)(C)C(=C=CCc1ccc(C)cc1)c1ccccc1. The minimum absolute atomic E-state index is 0.926. The van der Waals surface area contributed by atoms with E-state index in [0.29, 0.717) is 0 Å². The quantitative estimate of drug-likeness (QED) is 0.337. The minimum Gasteiger partial charge on any atom is -0.125 e. The van der Waals surface area contributed by atoms with Crippen LogP contribution in [-0.4, -0.2) is 8.07 Å². The van der Waals surface area contributed by atoms with Crippen LogP contribution in [0.2, 0.25) is 19.1 Å². The fraction of sp³-hybridized carbons (Fsp3) is 0.227. The van der Waals surface area contributed by atoms with Crippen LogP contribution in [0.5, 0.6) is 0 Å². The third-order valence-corrected chi connectivity index (χ3v) is 7.19. The molecule has 0 aromatic heterocycles. The summed E-state index contributed by atoms with van der Waals surface area (Å²) < 4.78 is 0. The van der Waals surface area contributed by atoms with Crippen LogP contribution in [0.15, 0.2) is 79.1 Å². The summed E-state index contributed by atoms with van der Waals surface area (Å²) in [5, 5.41) is 1.38. The van der Waals surface area contributed by atoms with Crippen LogP contribution < -0.4 is 0 Å². The largest absolute Gasteiger partial charge is 0.125 e. The number of rotatable bonds is 6. The Morgan fingerprint density at radius 3 is 2.30 bits per heavy atom. The highest BCUT2D eigenvalue weighted by molar-refractivity contribution is 6.94. The molecule has 0 aliphatic heterocycles. The fourth-order valence-corrected chi connectivity index (χ4v) is 5.10. The normalized spacial score (nSPS) is 10.7. The highest BCUT2D eigenvalue weighted by atomic mass is 28.3. The van der Waals surface area contributed by atoms with Gasteiger partial charge >= 0.3 is 0 Å². The second-order valence-corrected chi connectivity index (χ2v) is 11.3.